The average Bonchev–Trinajstić information content (AvgIpc) is 3.22. The molecule has 0 atom stereocenters. The van der Waals surface area contributed by atoms with Gasteiger partial charge in [-0.2, -0.15) is 5.10 Å². The van der Waals surface area contributed by atoms with Crippen LogP contribution < -0.4 is 10.1 Å². The molecule has 0 spiro atoms. The standard InChI is InChI=1S/C22H17FN4O2/c1-29-19-10-8-18(9-11-19)27-21(15-3-2-12-24-14-15)13-20(26-27)22(28)25-17-6-4-16(23)5-7-17/h2-14H,1H3,(H,25,28). The summed E-state index contributed by atoms with van der Waals surface area (Å²) in [6, 6.07) is 18.3. The van der Waals surface area contributed by atoms with E-state index in [9.17, 15) is 9.18 Å². The first-order valence-electron chi connectivity index (χ1n) is 8.86. The van der Waals surface area contributed by atoms with Gasteiger partial charge in [-0.1, -0.05) is 0 Å². The quantitative estimate of drug-likeness (QED) is 0.552. The number of nitrogens with zero attached hydrogens (tertiary/aromatic N) is 3. The highest BCUT2D eigenvalue weighted by Crippen LogP contribution is 2.25. The Morgan fingerprint density at radius 2 is 1.83 bits per heavy atom. The van der Waals surface area contributed by atoms with Crippen molar-refractivity contribution < 1.29 is 13.9 Å². The highest BCUT2D eigenvalue weighted by molar-refractivity contribution is 6.03. The molecule has 1 N–H and O–H groups in total. The van der Waals surface area contributed by atoms with E-state index >= 15 is 0 Å². The van der Waals surface area contributed by atoms with E-state index in [2.05, 4.69) is 15.4 Å². The van der Waals surface area contributed by atoms with Crippen LogP contribution >= 0.6 is 0 Å². The number of halogens is 1. The zero-order valence-corrected chi connectivity index (χ0v) is 15.5. The molecule has 0 aliphatic carbocycles. The third-order valence-electron chi connectivity index (χ3n) is 4.32. The van der Waals surface area contributed by atoms with Crippen LogP contribution in [-0.2, 0) is 0 Å². The Labute approximate surface area is 166 Å². The first-order valence-corrected chi connectivity index (χ1v) is 8.86. The number of hydrogen-bond donors (Lipinski definition) is 1. The van der Waals surface area contributed by atoms with E-state index in [0.29, 0.717) is 11.4 Å². The lowest BCUT2D eigenvalue weighted by molar-refractivity contribution is 0.102. The van der Waals surface area contributed by atoms with E-state index in [0.717, 1.165) is 17.0 Å². The van der Waals surface area contributed by atoms with Crippen LogP contribution in [-0.4, -0.2) is 27.8 Å². The molecular formula is C22H17FN4O2. The molecule has 29 heavy (non-hydrogen) atoms. The number of methoxy groups -OCH3 is 1. The Bertz CT molecular complexity index is 1120. The lowest BCUT2D eigenvalue weighted by Gasteiger charge is -2.08. The Kier molecular flexibility index (Phi) is 5.03. The first-order chi connectivity index (χ1) is 14.1. The van der Waals surface area contributed by atoms with Gasteiger partial charge in [0.25, 0.3) is 5.91 Å². The van der Waals surface area contributed by atoms with Crippen molar-refractivity contribution in [2.45, 2.75) is 0 Å². The van der Waals surface area contributed by atoms with Crippen molar-refractivity contribution in [3.8, 4) is 22.7 Å². The predicted molar refractivity (Wildman–Crippen MR) is 108 cm³/mol. The van der Waals surface area contributed by atoms with Gasteiger partial charge in [-0.25, -0.2) is 9.07 Å². The number of ether oxygens (including phenoxy) is 1. The maximum Gasteiger partial charge on any atom is 0.276 e. The number of nitrogens with one attached hydrogen (secondary N) is 1. The fourth-order valence-corrected chi connectivity index (χ4v) is 2.86. The van der Waals surface area contributed by atoms with Crippen LogP contribution in [0.2, 0.25) is 0 Å². The van der Waals surface area contributed by atoms with Crippen molar-refractivity contribution in [1.82, 2.24) is 14.8 Å². The molecule has 0 bridgehead atoms. The molecule has 6 nitrogen and oxygen atoms in total. The largest absolute Gasteiger partial charge is 0.497 e. The second kappa shape index (κ2) is 7.93. The maximum atomic E-state index is 13.1. The highest BCUT2D eigenvalue weighted by atomic mass is 19.1. The van der Waals surface area contributed by atoms with Gasteiger partial charge in [0.1, 0.15) is 11.6 Å². The number of hydrogen-bond acceptors (Lipinski definition) is 4. The van der Waals surface area contributed by atoms with Crippen molar-refractivity contribution in [2.75, 3.05) is 12.4 Å². The Morgan fingerprint density at radius 3 is 2.48 bits per heavy atom. The molecule has 0 radical (unpaired) electrons. The lowest BCUT2D eigenvalue weighted by Crippen LogP contribution is -2.13. The molecule has 7 heteroatoms. The summed E-state index contributed by atoms with van der Waals surface area (Å²) in [7, 11) is 1.60. The van der Waals surface area contributed by atoms with Crippen LogP contribution in [0.15, 0.2) is 79.1 Å². The molecule has 144 valence electrons. The van der Waals surface area contributed by atoms with Gasteiger partial charge in [-0.3, -0.25) is 9.78 Å². The summed E-state index contributed by atoms with van der Waals surface area (Å²) in [5, 5.41) is 7.22. The van der Waals surface area contributed by atoms with Crippen LogP contribution in [0, 0.1) is 5.82 Å². The molecular weight excluding hydrogens is 371 g/mol. The minimum Gasteiger partial charge on any atom is -0.497 e. The normalized spacial score (nSPS) is 10.6. The Hall–Kier alpha value is -4.00. The molecule has 0 saturated carbocycles. The number of carbonyl (C=O) groups excluding carboxylic acids is 1. The highest BCUT2D eigenvalue weighted by Gasteiger charge is 2.17. The predicted octanol–water partition coefficient (Wildman–Crippen LogP) is 4.33. The maximum absolute atomic E-state index is 13.1. The van der Waals surface area contributed by atoms with Gasteiger partial charge in [-0.15, -0.1) is 0 Å². The van der Waals surface area contributed by atoms with Crippen LogP contribution in [0.3, 0.4) is 0 Å². The summed E-state index contributed by atoms with van der Waals surface area (Å²) in [5.74, 6) is -0.0437. The minimum absolute atomic E-state index is 0.226. The lowest BCUT2D eigenvalue weighted by atomic mass is 10.2. The van der Waals surface area contributed by atoms with Crippen LogP contribution in [0.5, 0.6) is 5.75 Å². The third kappa shape index (κ3) is 3.98. The molecule has 4 rings (SSSR count). The van der Waals surface area contributed by atoms with E-state index in [1.807, 2.05) is 36.4 Å². The van der Waals surface area contributed by atoms with Crippen molar-refractivity contribution >= 4 is 11.6 Å². The van der Waals surface area contributed by atoms with E-state index in [1.54, 1.807) is 30.3 Å². The summed E-state index contributed by atoms with van der Waals surface area (Å²) in [6.45, 7) is 0. The second-order valence-corrected chi connectivity index (χ2v) is 6.23. The molecule has 2 aromatic carbocycles. The zero-order valence-electron chi connectivity index (χ0n) is 15.5. The fraction of sp³-hybridized carbons (Fsp3) is 0.0455. The van der Waals surface area contributed by atoms with Crippen molar-refractivity contribution in [1.29, 1.82) is 0 Å². The topological polar surface area (TPSA) is 69.0 Å². The van der Waals surface area contributed by atoms with Crippen LogP contribution in [0.4, 0.5) is 10.1 Å². The van der Waals surface area contributed by atoms with Gasteiger partial charge in [0.15, 0.2) is 5.69 Å². The molecule has 0 fully saturated rings. The molecule has 0 unspecified atom stereocenters. The van der Waals surface area contributed by atoms with Crippen LogP contribution in [0.25, 0.3) is 16.9 Å². The molecule has 2 aromatic heterocycles. The van der Waals surface area contributed by atoms with Gasteiger partial charge in [0.2, 0.25) is 0 Å². The minimum atomic E-state index is -0.394. The Morgan fingerprint density at radius 1 is 1.07 bits per heavy atom. The second-order valence-electron chi connectivity index (χ2n) is 6.23. The number of carbonyl (C=O) groups is 1. The summed E-state index contributed by atoms with van der Waals surface area (Å²) in [4.78, 5) is 16.9. The van der Waals surface area contributed by atoms with E-state index < -0.39 is 5.91 Å². The van der Waals surface area contributed by atoms with Crippen molar-refractivity contribution in [3.05, 3.63) is 90.6 Å². The summed E-state index contributed by atoms with van der Waals surface area (Å²) >= 11 is 0. The average molecular weight is 388 g/mol. The fourth-order valence-electron chi connectivity index (χ4n) is 2.86. The summed E-state index contributed by atoms with van der Waals surface area (Å²) < 4.78 is 20.0. The smallest absolute Gasteiger partial charge is 0.276 e. The van der Waals surface area contributed by atoms with Gasteiger partial charge in [0, 0.05) is 23.6 Å². The van der Waals surface area contributed by atoms with E-state index in [-0.39, 0.29) is 11.5 Å². The Balaban J connectivity index is 1.72. The van der Waals surface area contributed by atoms with Crippen molar-refractivity contribution in [2.24, 2.45) is 0 Å². The summed E-state index contributed by atoms with van der Waals surface area (Å²) in [5.41, 5.74) is 3.01. The number of anilines is 1. The monoisotopic (exact) mass is 388 g/mol. The molecule has 1 amide bonds. The van der Waals surface area contributed by atoms with Gasteiger partial charge in [-0.05, 0) is 66.7 Å². The number of amides is 1. The SMILES string of the molecule is COc1ccc(-n2nc(C(=O)Nc3ccc(F)cc3)cc2-c2cccnc2)cc1. The molecule has 0 saturated heterocycles. The number of aromatic nitrogens is 3. The molecule has 4 aromatic rings. The molecule has 0 aliphatic heterocycles. The third-order valence-corrected chi connectivity index (χ3v) is 4.32. The van der Waals surface area contributed by atoms with E-state index in [1.165, 1.54) is 24.3 Å². The van der Waals surface area contributed by atoms with Gasteiger partial charge in [0.05, 0.1) is 18.5 Å². The van der Waals surface area contributed by atoms with Gasteiger partial charge < -0.3 is 10.1 Å². The molecule has 0 aliphatic rings. The van der Waals surface area contributed by atoms with Crippen LogP contribution in [0.1, 0.15) is 10.5 Å². The number of pyridine rings is 1. The first kappa shape index (κ1) is 18.4. The molecule has 2 heterocycles. The number of rotatable bonds is 5. The number of benzene rings is 2. The summed E-state index contributed by atoms with van der Waals surface area (Å²) in [6.07, 6.45) is 3.39. The van der Waals surface area contributed by atoms with Gasteiger partial charge >= 0.3 is 0 Å². The zero-order chi connectivity index (χ0) is 20.2. The van der Waals surface area contributed by atoms with Crippen molar-refractivity contribution in [3.63, 3.8) is 0 Å². The van der Waals surface area contributed by atoms with E-state index in [4.69, 9.17) is 4.74 Å².